The van der Waals surface area contributed by atoms with E-state index in [4.69, 9.17) is 6.42 Å². The van der Waals surface area contributed by atoms with Crippen LogP contribution < -0.4 is 0 Å². The smallest absolute Gasteiger partial charge is 0.335 e. The molecule has 1 saturated carbocycles. The van der Waals surface area contributed by atoms with E-state index in [1.54, 1.807) is 39.8 Å². The van der Waals surface area contributed by atoms with E-state index in [2.05, 4.69) is 24.6 Å². The number of alkyl halides is 3. The van der Waals surface area contributed by atoms with Gasteiger partial charge in [0, 0.05) is 18.5 Å². The minimum absolute atomic E-state index is 0.0557. The van der Waals surface area contributed by atoms with Crippen LogP contribution in [0.2, 0.25) is 0 Å². The third kappa shape index (κ3) is 12.3. The Hall–Kier alpha value is -6.88. The summed E-state index contributed by atoms with van der Waals surface area (Å²) in [5.41, 5.74) is -0.284. The Bertz CT molecular complexity index is 2750. The molecule has 10 nitrogen and oxygen atoms in total. The maximum Gasteiger partial charge on any atom is 0.403 e. The van der Waals surface area contributed by atoms with Crippen molar-refractivity contribution in [3.05, 3.63) is 156 Å². The van der Waals surface area contributed by atoms with Gasteiger partial charge in [0.2, 0.25) is 35.4 Å². The molecule has 0 N–H and O–H groups in total. The maximum absolute atomic E-state index is 13.4. The zero-order chi connectivity index (χ0) is 55.1. The molecule has 5 aliphatic rings. The second-order valence-electron chi connectivity index (χ2n) is 21.7. The quantitative estimate of drug-likeness (QED) is 0.0676. The molecule has 0 spiro atoms. The van der Waals surface area contributed by atoms with Gasteiger partial charge in [0.05, 0.1) is 42.4 Å². The molecular weight excluding hydrogens is 961 g/mol. The second kappa shape index (κ2) is 23.3. The van der Waals surface area contributed by atoms with Gasteiger partial charge in [0.25, 0.3) is 0 Å². The van der Waals surface area contributed by atoms with Gasteiger partial charge in [-0.25, -0.2) is 4.39 Å². The first kappa shape index (κ1) is 57.4. The lowest BCUT2D eigenvalue weighted by Crippen LogP contribution is -2.55. The summed E-state index contributed by atoms with van der Waals surface area (Å²) in [7, 11) is 0. The Morgan fingerprint density at radius 3 is 1.49 bits per heavy atom. The van der Waals surface area contributed by atoms with Gasteiger partial charge in [-0.05, 0) is 101 Å². The number of carbonyl (C=O) groups excluding carboxylic acids is 6. The first-order valence-electron chi connectivity index (χ1n) is 25.8. The molecule has 1 aliphatic carbocycles. The number of halogens is 4. The van der Waals surface area contributed by atoms with E-state index >= 15 is 0 Å². The van der Waals surface area contributed by atoms with Crippen molar-refractivity contribution in [3.63, 3.8) is 0 Å². The van der Waals surface area contributed by atoms with E-state index in [9.17, 15) is 46.3 Å². The Kier molecular flexibility index (Phi) is 17.9. The monoisotopic (exact) mass is 1030 g/mol. The van der Waals surface area contributed by atoms with Crippen LogP contribution in [0.5, 0.6) is 0 Å². The van der Waals surface area contributed by atoms with Crippen molar-refractivity contribution in [1.29, 1.82) is 0 Å². The standard InChI is InChI=1S/C16H17F4NO.C15H19NO2.C15H17NO2.C15H17NO/c17-12-5-1-4-11(10-12)13-6-2-9-21(13)14(22)15(7-3-8-15)16(18,19)20;2*1-4-15(2,3)14(18)16-12(10-13(16)17)11-8-6-5-7-9-11;1-4-15(2,3)14(17)16-11-10-13(16)12-8-6-5-7-9-12/h1,4-5,10,13H,2-3,6-9H2;5-9,12H,4,10H2,1-3H3;4-9,12H,1,10H2,2-3H3;1,5-9,13H,10-11H2,2-3H3/t;2*12-;13-/m.000/s1. The Morgan fingerprint density at radius 1 is 0.640 bits per heavy atom. The number of carbonyl (C=O) groups is 6. The topological polar surface area (TPSA) is 115 Å². The molecule has 4 atom stereocenters. The molecule has 5 fully saturated rings. The van der Waals surface area contributed by atoms with E-state index in [0.717, 1.165) is 30.5 Å². The van der Waals surface area contributed by atoms with Crippen molar-refractivity contribution in [2.75, 3.05) is 13.1 Å². The number of hydrogen-bond acceptors (Lipinski definition) is 6. The van der Waals surface area contributed by atoms with Crippen molar-refractivity contribution < 1.29 is 46.3 Å². The number of rotatable bonds is 10. The average molecular weight is 1030 g/mol. The van der Waals surface area contributed by atoms with Gasteiger partial charge in [-0.3, -0.25) is 38.6 Å². The molecule has 0 bridgehead atoms. The largest absolute Gasteiger partial charge is 0.403 e. The summed E-state index contributed by atoms with van der Waals surface area (Å²) in [4.78, 5) is 78.9. The Morgan fingerprint density at radius 2 is 1.11 bits per heavy atom. The number of nitrogens with zero attached hydrogens (tertiary/aromatic N) is 4. The Balaban J connectivity index is 0.000000163. The number of hydrogen-bond donors (Lipinski definition) is 0. The van der Waals surface area contributed by atoms with Gasteiger partial charge in [0.15, 0.2) is 0 Å². The predicted molar refractivity (Wildman–Crippen MR) is 280 cm³/mol. The highest BCUT2D eigenvalue weighted by molar-refractivity contribution is 6.04. The third-order valence-electron chi connectivity index (χ3n) is 15.5. The summed E-state index contributed by atoms with van der Waals surface area (Å²) < 4.78 is 53.4. The lowest BCUT2D eigenvalue weighted by molar-refractivity contribution is -0.248. The molecule has 0 radical (unpaired) electrons. The molecule has 4 aromatic rings. The predicted octanol–water partition coefficient (Wildman–Crippen LogP) is 12.5. The lowest BCUT2D eigenvalue weighted by atomic mass is 9.67. The van der Waals surface area contributed by atoms with Crippen LogP contribution in [0.25, 0.3) is 0 Å². The fourth-order valence-electron chi connectivity index (χ4n) is 9.67. The molecule has 4 aromatic carbocycles. The van der Waals surface area contributed by atoms with Crippen molar-refractivity contribution in [2.24, 2.45) is 21.7 Å². The fraction of sp³-hybridized carbons (Fsp3) is 0.443. The molecule has 6 amide bonds. The van der Waals surface area contributed by atoms with Gasteiger partial charge in [-0.2, -0.15) is 13.2 Å². The third-order valence-corrected chi connectivity index (χ3v) is 15.5. The van der Waals surface area contributed by atoms with E-state index in [1.165, 1.54) is 38.5 Å². The molecule has 1 unspecified atom stereocenters. The molecule has 75 heavy (non-hydrogen) atoms. The first-order valence-corrected chi connectivity index (χ1v) is 25.8. The minimum Gasteiger partial charge on any atom is -0.335 e. The van der Waals surface area contributed by atoms with Gasteiger partial charge >= 0.3 is 6.18 Å². The highest BCUT2D eigenvalue weighted by atomic mass is 19.4. The number of likely N-dealkylation sites (tertiary alicyclic amines) is 4. The summed E-state index contributed by atoms with van der Waals surface area (Å²) in [6.45, 7) is 17.7. The molecular formula is C61H70F4N4O6. The van der Waals surface area contributed by atoms with Crippen LogP contribution in [-0.2, 0) is 28.8 Å². The number of terminal acetylenes is 1. The normalized spacial score (nSPS) is 20.8. The van der Waals surface area contributed by atoms with Crippen LogP contribution in [0.1, 0.15) is 153 Å². The SMILES string of the molecule is C#CC(C)(C)C(=O)N1CC[C@H]1c1ccccc1.C=CC(C)(C)C(=O)N1C(=O)C[C@H]1c1ccccc1.CCC(C)(C)C(=O)N1C(=O)C[C@H]1c1ccccc1.O=C(N1CCCC1c1cccc(F)c1)C1(C(F)(F)F)CCC1. The number of amides is 6. The van der Waals surface area contributed by atoms with Gasteiger partial charge in [0.1, 0.15) is 16.6 Å². The zero-order valence-electron chi connectivity index (χ0n) is 44.2. The zero-order valence-corrected chi connectivity index (χ0v) is 44.2. The molecule has 4 aliphatic heterocycles. The van der Waals surface area contributed by atoms with Crippen molar-refractivity contribution >= 4 is 35.4 Å². The number of imide groups is 2. The number of benzene rings is 4. The van der Waals surface area contributed by atoms with Crippen LogP contribution in [0.15, 0.2) is 128 Å². The van der Waals surface area contributed by atoms with E-state index in [1.807, 2.05) is 105 Å². The lowest BCUT2D eigenvalue weighted by Gasteiger charge is -2.44. The molecule has 9 rings (SSSR count). The highest BCUT2D eigenvalue weighted by Crippen LogP contribution is 2.55. The average Bonchev–Trinajstić information content (AvgIpc) is 3.85. The van der Waals surface area contributed by atoms with Gasteiger partial charge in [-0.1, -0.05) is 142 Å². The van der Waals surface area contributed by atoms with Crippen LogP contribution in [0, 0.1) is 39.8 Å². The van der Waals surface area contributed by atoms with E-state index < -0.39 is 45.6 Å². The van der Waals surface area contributed by atoms with Crippen LogP contribution in [-0.4, -0.2) is 74.3 Å². The molecule has 14 heteroatoms. The summed E-state index contributed by atoms with van der Waals surface area (Å²) in [5, 5.41) is 0. The molecule has 4 saturated heterocycles. The summed E-state index contributed by atoms with van der Waals surface area (Å²) >= 11 is 0. The van der Waals surface area contributed by atoms with Crippen LogP contribution in [0.4, 0.5) is 17.6 Å². The fourth-order valence-corrected chi connectivity index (χ4v) is 9.67. The Labute approximate surface area is 439 Å². The van der Waals surface area contributed by atoms with Crippen LogP contribution >= 0.6 is 0 Å². The van der Waals surface area contributed by atoms with E-state index in [-0.39, 0.29) is 60.5 Å². The number of β-lactam (4-membered cyclic amide) rings is 2. The first-order chi connectivity index (χ1) is 35.4. The summed E-state index contributed by atoms with van der Waals surface area (Å²) in [6.07, 6.45) is 6.44. The molecule has 4 heterocycles. The maximum atomic E-state index is 13.4. The second-order valence-corrected chi connectivity index (χ2v) is 21.7. The van der Waals surface area contributed by atoms with Gasteiger partial charge < -0.3 is 9.80 Å². The summed E-state index contributed by atoms with van der Waals surface area (Å²) in [6, 6.07) is 34.8. The van der Waals surface area contributed by atoms with Crippen LogP contribution in [0.3, 0.4) is 0 Å². The molecule has 0 aromatic heterocycles. The van der Waals surface area contributed by atoms with Crippen molar-refractivity contribution in [2.45, 2.75) is 137 Å². The van der Waals surface area contributed by atoms with Crippen molar-refractivity contribution in [3.8, 4) is 12.3 Å². The highest BCUT2D eigenvalue weighted by Gasteiger charge is 2.65. The van der Waals surface area contributed by atoms with Crippen molar-refractivity contribution in [1.82, 2.24) is 19.6 Å². The van der Waals surface area contributed by atoms with Gasteiger partial charge in [-0.15, -0.1) is 13.0 Å². The summed E-state index contributed by atoms with van der Waals surface area (Å²) in [5.74, 6) is 0.947. The molecule has 398 valence electrons. The minimum atomic E-state index is -4.52. The van der Waals surface area contributed by atoms with E-state index in [0.29, 0.717) is 44.2 Å².